The van der Waals surface area contributed by atoms with Crippen LogP contribution in [0.1, 0.15) is 5.56 Å². The first kappa shape index (κ1) is 12.9. The van der Waals surface area contributed by atoms with Crippen LogP contribution in [-0.4, -0.2) is 37.4 Å². The Hall–Kier alpha value is -2.17. The lowest BCUT2D eigenvalue weighted by Gasteiger charge is -2.08. The van der Waals surface area contributed by atoms with E-state index in [0.29, 0.717) is 11.5 Å². The number of carboxylic acid groups (broad SMARTS) is 1. The fourth-order valence-electron chi connectivity index (χ4n) is 1.22. The molecule has 0 spiro atoms. The SMILES string of the molecule is COc1ccc(C=CN(C)C(=O)O)cc1OC. The monoisotopic (exact) mass is 237 g/mol. The molecule has 0 heterocycles. The first-order valence-electron chi connectivity index (χ1n) is 4.94. The Kier molecular flexibility index (Phi) is 4.39. The van der Waals surface area contributed by atoms with Crippen molar-refractivity contribution in [2.75, 3.05) is 21.3 Å². The van der Waals surface area contributed by atoms with Gasteiger partial charge in [0.25, 0.3) is 0 Å². The highest BCUT2D eigenvalue weighted by atomic mass is 16.5. The van der Waals surface area contributed by atoms with Crippen molar-refractivity contribution in [1.82, 2.24) is 4.90 Å². The predicted octanol–water partition coefficient (Wildman–Crippen LogP) is 2.28. The summed E-state index contributed by atoms with van der Waals surface area (Å²) in [6.07, 6.45) is 2.13. The molecule has 0 saturated carbocycles. The van der Waals surface area contributed by atoms with Crippen LogP contribution in [0.2, 0.25) is 0 Å². The van der Waals surface area contributed by atoms with E-state index in [1.165, 1.54) is 13.2 Å². The van der Waals surface area contributed by atoms with E-state index in [2.05, 4.69) is 0 Å². The second kappa shape index (κ2) is 5.79. The van der Waals surface area contributed by atoms with Gasteiger partial charge < -0.3 is 14.6 Å². The number of hydrogen-bond donors (Lipinski definition) is 1. The molecule has 0 unspecified atom stereocenters. The van der Waals surface area contributed by atoms with Crippen LogP contribution in [0.25, 0.3) is 6.08 Å². The third kappa shape index (κ3) is 3.41. The molecule has 1 amide bonds. The number of nitrogens with zero attached hydrogens (tertiary/aromatic N) is 1. The molecule has 92 valence electrons. The zero-order valence-corrected chi connectivity index (χ0v) is 10.0. The van der Waals surface area contributed by atoms with Crippen LogP contribution >= 0.6 is 0 Å². The minimum Gasteiger partial charge on any atom is -0.493 e. The van der Waals surface area contributed by atoms with Crippen LogP contribution < -0.4 is 9.47 Å². The van der Waals surface area contributed by atoms with Crippen molar-refractivity contribution in [3.8, 4) is 11.5 Å². The molecule has 1 aromatic carbocycles. The molecule has 5 heteroatoms. The van der Waals surface area contributed by atoms with Crippen LogP contribution in [0, 0.1) is 0 Å². The molecule has 0 aliphatic heterocycles. The largest absolute Gasteiger partial charge is 0.493 e. The lowest BCUT2D eigenvalue weighted by Crippen LogP contribution is -2.17. The van der Waals surface area contributed by atoms with Gasteiger partial charge in [0.2, 0.25) is 0 Å². The van der Waals surface area contributed by atoms with E-state index in [1.54, 1.807) is 32.4 Å². The average molecular weight is 237 g/mol. The normalized spacial score (nSPS) is 10.3. The zero-order chi connectivity index (χ0) is 12.8. The molecular weight excluding hydrogens is 222 g/mol. The van der Waals surface area contributed by atoms with Gasteiger partial charge in [0, 0.05) is 13.2 Å². The van der Waals surface area contributed by atoms with E-state index in [4.69, 9.17) is 14.6 Å². The molecule has 0 radical (unpaired) electrons. The molecule has 0 aliphatic rings. The summed E-state index contributed by atoms with van der Waals surface area (Å²) in [6.45, 7) is 0. The standard InChI is InChI=1S/C12H15NO4/c1-13(12(14)15)7-6-9-4-5-10(16-2)11(8-9)17-3/h4-8H,1-3H3,(H,14,15). The lowest BCUT2D eigenvalue weighted by atomic mass is 10.2. The third-order valence-electron chi connectivity index (χ3n) is 2.20. The van der Waals surface area contributed by atoms with Crippen LogP contribution in [-0.2, 0) is 0 Å². The molecule has 0 fully saturated rings. The van der Waals surface area contributed by atoms with Crippen molar-refractivity contribution in [1.29, 1.82) is 0 Å². The Morgan fingerprint density at radius 2 is 1.94 bits per heavy atom. The Morgan fingerprint density at radius 3 is 2.47 bits per heavy atom. The van der Waals surface area contributed by atoms with E-state index >= 15 is 0 Å². The van der Waals surface area contributed by atoms with Gasteiger partial charge in [-0.15, -0.1) is 0 Å². The van der Waals surface area contributed by atoms with Gasteiger partial charge in [0.05, 0.1) is 14.2 Å². The van der Waals surface area contributed by atoms with Gasteiger partial charge in [-0.1, -0.05) is 6.07 Å². The first-order valence-corrected chi connectivity index (χ1v) is 4.94. The maximum absolute atomic E-state index is 10.6. The Labute approximate surface area is 99.9 Å². The third-order valence-corrected chi connectivity index (χ3v) is 2.20. The van der Waals surface area contributed by atoms with Gasteiger partial charge in [-0.3, -0.25) is 4.90 Å². The predicted molar refractivity (Wildman–Crippen MR) is 64.4 cm³/mol. The number of carbonyl (C=O) groups is 1. The van der Waals surface area contributed by atoms with Crippen molar-refractivity contribution >= 4 is 12.2 Å². The fourth-order valence-corrected chi connectivity index (χ4v) is 1.22. The summed E-state index contributed by atoms with van der Waals surface area (Å²) in [6, 6.07) is 5.35. The highest BCUT2D eigenvalue weighted by molar-refractivity contribution is 5.68. The minimum absolute atomic E-state index is 0.604. The molecule has 17 heavy (non-hydrogen) atoms. The van der Waals surface area contributed by atoms with Crippen LogP contribution in [0.4, 0.5) is 4.79 Å². The number of rotatable bonds is 4. The number of methoxy groups -OCH3 is 2. The molecule has 0 bridgehead atoms. The number of hydrogen-bond acceptors (Lipinski definition) is 3. The fraction of sp³-hybridized carbons (Fsp3) is 0.250. The van der Waals surface area contributed by atoms with E-state index in [-0.39, 0.29) is 0 Å². The van der Waals surface area contributed by atoms with Crippen LogP contribution in [0.5, 0.6) is 11.5 Å². The van der Waals surface area contributed by atoms with Crippen LogP contribution in [0.3, 0.4) is 0 Å². The van der Waals surface area contributed by atoms with Crippen molar-refractivity contribution in [2.24, 2.45) is 0 Å². The molecule has 0 aliphatic carbocycles. The van der Waals surface area contributed by atoms with Crippen LogP contribution in [0.15, 0.2) is 24.4 Å². The summed E-state index contributed by atoms with van der Waals surface area (Å²) in [5, 5.41) is 8.67. The van der Waals surface area contributed by atoms with Crippen molar-refractivity contribution in [3.05, 3.63) is 30.0 Å². The van der Waals surface area contributed by atoms with E-state index < -0.39 is 6.09 Å². The summed E-state index contributed by atoms with van der Waals surface area (Å²) in [5.74, 6) is 1.24. The van der Waals surface area contributed by atoms with Gasteiger partial charge in [-0.05, 0) is 23.8 Å². The Bertz CT molecular complexity index is 429. The summed E-state index contributed by atoms with van der Waals surface area (Å²) in [7, 11) is 4.57. The van der Waals surface area contributed by atoms with E-state index in [1.807, 2.05) is 6.07 Å². The zero-order valence-electron chi connectivity index (χ0n) is 10.0. The minimum atomic E-state index is -1.01. The van der Waals surface area contributed by atoms with Crippen molar-refractivity contribution < 1.29 is 19.4 Å². The molecule has 1 N–H and O–H groups in total. The molecule has 5 nitrogen and oxygen atoms in total. The maximum atomic E-state index is 10.6. The van der Waals surface area contributed by atoms with Gasteiger partial charge in [0.15, 0.2) is 11.5 Å². The number of ether oxygens (including phenoxy) is 2. The lowest BCUT2D eigenvalue weighted by molar-refractivity contribution is 0.171. The molecule has 0 saturated heterocycles. The topological polar surface area (TPSA) is 59.0 Å². The molecule has 0 atom stereocenters. The van der Waals surface area contributed by atoms with Gasteiger partial charge in [-0.25, -0.2) is 4.79 Å². The van der Waals surface area contributed by atoms with Gasteiger partial charge in [0.1, 0.15) is 0 Å². The summed E-state index contributed by atoms with van der Waals surface area (Å²) in [4.78, 5) is 11.6. The van der Waals surface area contributed by atoms with Crippen molar-refractivity contribution in [3.63, 3.8) is 0 Å². The second-order valence-electron chi connectivity index (χ2n) is 3.32. The number of benzene rings is 1. The molecule has 1 aromatic rings. The Balaban J connectivity index is 2.89. The second-order valence-corrected chi connectivity index (χ2v) is 3.32. The van der Waals surface area contributed by atoms with Gasteiger partial charge in [-0.2, -0.15) is 0 Å². The molecule has 1 rings (SSSR count). The highest BCUT2D eigenvalue weighted by Gasteiger charge is 2.03. The Morgan fingerprint density at radius 1 is 1.29 bits per heavy atom. The maximum Gasteiger partial charge on any atom is 0.411 e. The molecular formula is C12H15NO4. The average Bonchev–Trinajstić information content (AvgIpc) is 2.35. The highest BCUT2D eigenvalue weighted by Crippen LogP contribution is 2.27. The number of amides is 1. The van der Waals surface area contributed by atoms with E-state index in [9.17, 15) is 4.79 Å². The summed E-state index contributed by atoms with van der Waals surface area (Å²) < 4.78 is 10.2. The first-order chi connectivity index (χ1) is 8.08. The van der Waals surface area contributed by atoms with Crippen molar-refractivity contribution in [2.45, 2.75) is 0 Å². The van der Waals surface area contributed by atoms with E-state index in [0.717, 1.165) is 10.5 Å². The molecule has 0 aromatic heterocycles. The quantitative estimate of drug-likeness (QED) is 0.872. The summed E-state index contributed by atoms with van der Waals surface area (Å²) in [5.41, 5.74) is 0.829. The smallest absolute Gasteiger partial charge is 0.411 e. The summed E-state index contributed by atoms with van der Waals surface area (Å²) >= 11 is 0. The van der Waals surface area contributed by atoms with Gasteiger partial charge >= 0.3 is 6.09 Å².